The fourth-order valence-corrected chi connectivity index (χ4v) is 5.41. The highest BCUT2D eigenvalue weighted by Gasteiger charge is 2.32. The molecule has 0 aromatic carbocycles. The van der Waals surface area contributed by atoms with Crippen LogP contribution in [0.3, 0.4) is 0 Å². The quantitative estimate of drug-likeness (QED) is 0.902. The molecule has 0 spiro atoms. The van der Waals surface area contributed by atoms with E-state index in [1.807, 2.05) is 0 Å². The van der Waals surface area contributed by atoms with Gasteiger partial charge in [0.25, 0.3) is 0 Å². The summed E-state index contributed by atoms with van der Waals surface area (Å²) in [6.07, 6.45) is 6.04. The summed E-state index contributed by atoms with van der Waals surface area (Å²) in [4.78, 5) is 13.8. The van der Waals surface area contributed by atoms with Crippen LogP contribution < -0.4 is 5.32 Å². The summed E-state index contributed by atoms with van der Waals surface area (Å²) in [6.45, 7) is 0.405. The summed E-state index contributed by atoms with van der Waals surface area (Å²) in [5, 5.41) is 15.4. The van der Waals surface area contributed by atoms with Gasteiger partial charge in [-0.25, -0.2) is 0 Å². The van der Waals surface area contributed by atoms with Crippen LogP contribution in [0.4, 0.5) is 0 Å². The number of amides is 1. The zero-order valence-electron chi connectivity index (χ0n) is 11.6. The lowest BCUT2D eigenvalue weighted by Gasteiger charge is -2.33. The van der Waals surface area contributed by atoms with Crippen LogP contribution in [0.1, 0.15) is 47.8 Å². The normalized spacial score (nSPS) is 24.9. The second-order valence-corrected chi connectivity index (χ2v) is 8.02. The molecule has 1 aromatic heterocycles. The SMILES string of the molecule is O=C(NCC1(O)CCCCC1)C1SCCc2sccc21. The molecule has 2 heterocycles. The summed E-state index contributed by atoms with van der Waals surface area (Å²) in [6, 6.07) is 2.08. The van der Waals surface area contributed by atoms with Gasteiger partial charge in [-0.2, -0.15) is 0 Å². The first-order chi connectivity index (χ1) is 9.68. The van der Waals surface area contributed by atoms with Crippen LogP contribution in [0.25, 0.3) is 0 Å². The number of aliphatic hydroxyl groups is 1. The topological polar surface area (TPSA) is 49.3 Å². The smallest absolute Gasteiger partial charge is 0.237 e. The number of thioether (sulfide) groups is 1. The fraction of sp³-hybridized carbons (Fsp3) is 0.667. The molecule has 1 saturated carbocycles. The zero-order valence-corrected chi connectivity index (χ0v) is 13.2. The lowest BCUT2D eigenvalue weighted by molar-refractivity contribution is -0.122. The van der Waals surface area contributed by atoms with Crippen molar-refractivity contribution in [1.82, 2.24) is 5.32 Å². The van der Waals surface area contributed by atoms with Crippen molar-refractivity contribution in [3.05, 3.63) is 21.9 Å². The van der Waals surface area contributed by atoms with Crippen molar-refractivity contribution in [3.8, 4) is 0 Å². The molecule has 110 valence electrons. The lowest BCUT2D eigenvalue weighted by atomic mass is 9.85. The molecule has 2 aliphatic rings. The van der Waals surface area contributed by atoms with Gasteiger partial charge in [0.2, 0.25) is 5.91 Å². The maximum Gasteiger partial charge on any atom is 0.237 e. The van der Waals surface area contributed by atoms with E-state index in [1.54, 1.807) is 23.1 Å². The van der Waals surface area contributed by atoms with E-state index in [-0.39, 0.29) is 11.2 Å². The van der Waals surface area contributed by atoms with E-state index >= 15 is 0 Å². The number of carbonyl (C=O) groups excluding carboxylic acids is 1. The molecule has 5 heteroatoms. The van der Waals surface area contributed by atoms with Gasteiger partial charge in [0.05, 0.1) is 5.60 Å². The molecule has 1 fully saturated rings. The predicted octanol–water partition coefficient (Wildman–Crippen LogP) is 2.89. The first-order valence-corrected chi connectivity index (χ1v) is 9.29. The van der Waals surface area contributed by atoms with Gasteiger partial charge in [-0.3, -0.25) is 4.79 Å². The Balaban J connectivity index is 1.60. The Morgan fingerprint density at radius 1 is 1.40 bits per heavy atom. The van der Waals surface area contributed by atoms with Gasteiger partial charge in [-0.05, 0) is 42.0 Å². The van der Waals surface area contributed by atoms with E-state index in [0.717, 1.165) is 37.9 Å². The molecule has 0 saturated heterocycles. The number of fused-ring (bicyclic) bond motifs is 1. The minimum Gasteiger partial charge on any atom is -0.388 e. The molecule has 2 N–H and O–H groups in total. The van der Waals surface area contributed by atoms with Gasteiger partial charge in [0.1, 0.15) is 5.25 Å². The van der Waals surface area contributed by atoms with Crippen LogP contribution in [-0.4, -0.2) is 28.9 Å². The summed E-state index contributed by atoms with van der Waals surface area (Å²) >= 11 is 3.47. The van der Waals surface area contributed by atoms with Crippen LogP contribution in [0.5, 0.6) is 0 Å². The number of thiophene rings is 1. The van der Waals surface area contributed by atoms with Gasteiger partial charge in [0, 0.05) is 11.4 Å². The minimum absolute atomic E-state index is 0.0633. The molecule has 1 amide bonds. The van der Waals surface area contributed by atoms with Crippen molar-refractivity contribution in [1.29, 1.82) is 0 Å². The number of hydrogen-bond donors (Lipinski definition) is 2. The van der Waals surface area contributed by atoms with Gasteiger partial charge < -0.3 is 10.4 Å². The number of aryl methyl sites for hydroxylation is 1. The number of nitrogens with one attached hydrogen (secondary N) is 1. The Morgan fingerprint density at radius 2 is 2.20 bits per heavy atom. The highest BCUT2D eigenvalue weighted by atomic mass is 32.2. The summed E-state index contributed by atoms with van der Waals surface area (Å²) in [7, 11) is 0. The first kappa shape index (κ1) is 14.4. The predicted molar refractivity (Wildman–Crippen MR) is 84.3 cm³/mol. The molecule has 0 bridgehead atoms. The van der Waals surface area contributed by atoms with E-state index in [9.17, 15) is 9.90 Å². The van der Waals surface area contributed by atoms with Crippen molar-refractivity contribution < 1.29 is 9.90 Å². The van der Waals surface area contributed by atoms with E-state index in [4.69, 9.17) is 0 Å². The lowest BCUT2D eigenvalue weighted by Crippen LogP contribution is -2.45. The number of hydrogen-bond acceptors (Lipinski definition) is 4. The second-order valence-electron chi connectivity index (χ2n) is 5.80. The maximum atomic E-state index is 12.4. The van der Waals surface area contributed by atoms with Gasteiger partial charge in [0.15, 0.2) is 0 Å². The third-order valence-corrected chi connectivity index (χ3v) is 6.53. The Kier molecular flexibility index (Phi) is 4.38. The summed E-state index contributed by atoms with van der Waals surface area (Å²) in [5.74, 6) is 1.07. The molecule has 1 aliphatic heterocycles. The first-order valence-electron chi connectivity index (χ1n) is 7.36. The van der Waals surface area contributed by atoms with Crippen LogP contribution in [0.15, 0.2) is 11.4 Å². The van der Waals surface area contributed by atoms with Gasteiger partial charge in [-0.1, -0.05) is 19.3 Å². The molecule has 3 rings (SSSR count). The standard InChI is InChI=1S/C15H21NO2S2/c17-14(16-10-15(18)6-2-1-3-7-15)13-11-4-8-19-12(11)5-9-20-13/h4,8,13,18H,1-3,5-7,9-10H2,(H,16,17). The van der Waals surface area contributed by atoms with E-state index in [0.29, 0.717) is 6.54 Å². The van der Waals surface area contributed by atoms with Crippen LogP contribution in [-0.2, 0) is 11.2 Å². The van der Waals surface area contributed by atoms with Crippen molar-refractivity contribution in [2.45, 2.75) is 49.4 Å². The molecule has 20 heavy (non-hydrogen) atoms. The zero-order chi connectivity index (χ0) is 14.0. The molecule has 1 unspecified atom stereocenters. The highest BCUT2D eigenvalue weighted by molar-refractivity contribution is 8.00. The Morgan fingerprint density at radius 3 is 3.00 bits per heavy atom. The molecule has 1 aliphatic carbocycles. The summed E-state index contributed by atoms with van der Waals surface area (Å²) < 4.78 is 0. The van der Waals surface area contributed by atoms with E-state index < -0.39 is 5.60 Å². The summed E-state index contributed by atoms with van der Waals surface area (Å²) in [5.41, 5.74) is 0.504. The van der Waals surface area contributed by atoms with Crippen molar-refractivity contribution in [2.24, 2.45) is 0 Å². The van der Waals surface area contributed by atoms with E-state index in [2.05, 4.69) is 16.8 Å². The Labute approximate surface area is 128 Å². The maximum absolute atomic E-state index is 12.4. The Hall–Kier alpha value is -0.520. The van der Waals surface area contributed by atoms with Crippen molar-refractivity contribution in [3.63, 3.8) is 0 Å². The molecular formula is C15H21NO2S2. The van der Waals surface area contributed by atoms with Crippen molar-refractivity contribution in [2.75, 3.05) is 12.3 Å². The molecule has 1 atom stereocenters. The minimum atomic E-state index is -0.676. The molecule has 3 nitrogen and oxygen atoms in total. The average molecular weight is 311 g/mol. The fourth-order valence-electron chi connectivity index (χ4n) is 3.09. The van der Waals surface area contributed by atoms with E-state index in [1.165, 1.54) is 16.9 Å². The third-order valence-electron chi connectivity index (χ3n) is 4.29. The van der Waals surface area contributed by atoms with Gasteiger partial charge >= 0.3 is 0 Å². The van der Waals surface area contributed by atoms with Crippen molar-refractivity contribution >= 4 is 29.0 Å². The third kappa shape index (κ3) is 3.05. The average Bonchev–Trinajstić information content (AvgIpc) is 2.94. The number of rotatable bonds is 3. The number of carbonyl (C=O) groups is 1. The molecule has 1 aromatic rings. The second kappa shape index (κ2) is 6.08. The highest BCUT2D eigenvalue weighted by Crippen LogP contribution is 2.39. The largest absolute Gasteiger partial charge is 0.388 e. The molecular weight excluding hydrogens is 290 g/mol. The molecule has 0 radical (unpaired) electrons. The Bertz CT molecular complexity index is 480. The van der Waals surface area contributed by atoms with Gasteiger partial charge in [-0.15, -0.1) is 23.1 Å². The van der Waals surface area contributed by atoms with Crippen LogP contribution in [0, 0.1) is 0 Å². The van der Waals surface area contributed by atoms with Crippen LogP contribution >= 0.6 is 23.1 Å². The monoisotopic (exact) mass is 311 g/mol. The van der Waals surface area contributed by atoms with Crippen LogP contribution in [0.2, 0.25) is 0 Å².